The van der Waals surface area contributed by atoms with Crippen LogP contribution in [-0.4, -0.2) is 109 Å². The fourth-order valence-corrected chi connectivity index (χ4v) is 7.08. The van der Waals surface area contributed by atoms with Crippen molar-refractivity contribution in [2.45, 2.75) is 174 Å². The number of terminal acetylenes is 3. The maximum Gasteiger partial charge on any atom is 0.237 e. The summed E-state index contributed by atoms with van der Waals surface area (Å²) in [6.07, 6.45) is 19.1. The molecule has 0 fully saturated rings. The van der Waals surface area contributed by atoms with Crippen molar-refractivity contribution in [1.82, 2.24) is 26.6 Å². The fourth-order valence-electron chi connectivity index (χ4n) is 7.08. The van der Waals surface area contributed by atoms with Gasteiger partial charge in [-0.05, 0) is 98.7 Å². The number of carbonyl (C=O) groups excluding carboxylic acids is 9. The summed E-state index contributed by atoms with van der Waals surface area (Å²) in [4.78, 5) is 120. The van der Waals surface area contributed by atoms with E-state index >= 15 is 0 Å². The van der Waals surface area contributed by atoms with E-state index in [0.717, 1.165) is 0 Å². The fraction of sp³-hybridized carbons (Fsp3) is 0.694. The Hall–Kier alpha value is -5.45. The Bertz CT molecular complexity index is 1760. The van der Waals surface area contributed by atoms with Gasteiger partial charge in [0.2, 0.25) is 29.5 Å². The van der Waals surface area contributed by atoms with Crippen molar-refractivity contribution < 1.29 is 43.2 Å². The minimum Gasteiger partial charge on any atom is -0.354 e. The minimum absolute atomic E-state index is 0.0201. The molecule has 0 aromatic heterocycles. The predicted octanol–water partition coefficient (Wildman–Crippen LogP) is 0.596. The zero-order valence-electron chi connectivity index (χ0n) is 40.4. The van der Waals surface area contributed by atoms with Gasteiger partial charge >= 0.3 is 0 Å². The lowest BCUT2D eigenvalue weighted by Crippen LogP contribution is -2.49. The van der Waals surface area contributed by atoms with Crippen LogP contribution >= 0.6 is 0 Å². The number of carbonyl (C=O) groups is 9. The lowest BCUT2D eigenvalue weighted by Gasteiger charge is -2.25. The number of ketones is 4. The molecule has 0 aromatic carbocycles. The topological polar surface area (TPSA) is 318 Å². The molecule has 67 heavy (non-hydrogen) atoms. The molecular formula is C49H79N9O9. The van der Waals surface area contributed by atoms with Crippen LogP contribution in [0.2, 0.25) is 0 Å². The first-order chi connectivity index (χ1) is 31.7. The second-order valence-electron chi connectivity index (χ2n) is 17.6. The average molecular weight is 938 g/mol. The van der Waals surface area contributed by atoms with Crippen molar-refractivity contribution in [3.05, 3.63) is 0 Å². The first-order valence-electron chi connectivity index (χ1n) is 23.5. The molecule has 0 spiro atoms. The largest absolute Gasteiger partial charge is 0.354 e. The van der Waals surface area contributed by atoms with E-state index in [1.807, 2.05) is 0 Å². The first kappa shape index (κ1) is 61.5. The molecule has 0 rings (SSSR count). The molecular weight excluding hydrogens is 859 g/mol. The quantitative estimate of drug-likeness (QED) is 0.0305. The van der Waals surface area contributed by atoms with Crippen molar-refractivity contribution in [3.8, 4) is 37.0 Å². The Balaban J connectivity index is 6.04. The van der Waals surface area contributed by atoms with E-state index in [1.54, 1.807) is 13.8 Å². The van der Waals surface area contributed by atoms with Crippen LogP contribution < -0.4 is 49.5 Å². The summed E-state index contributed by atoms with van der Waals surface area (Å²) in [5.74, 6) is -1.25. The minimum atomic E-state index is -1.22. The maximum atomic E-state index is 13.8. The number of unbranched alkanes of at least 4 members (excludes halogenated alkanes) is 3. The SMILES string of the molecule is C#CC[C@H](CC(=O)[C@H](CCCCN)NC(=O)[C@H](C)CC(=O)[C@H](CC#C)NC(=O)[C@H](CCCCN)CC(=O)[C@H](C)NC(=O)[C@H](CC#C)CC(=O)[C@H](CCCCN)NC(=O)[C@H](C)N)C(=O)NC(C)C. The van der Waals surface area contributed by atoms with E-state index < -0.39 is 101 Å². The molecule has 0 heterocycles. The van der Waals surface area contributed by atoms with Crippen molar-refractivity contribution in [3.63, 3.8) is 0 Å². The van der Waals surface area contributed by atoms with Crippen LogP contribution in [-0.2, 0) is 43.2 Å². The molecule has 0 saturated heterocycles. The lowest BCUT2D eigenvalue weighted by molar-refractivity contribution is -0.135. The highest BCUT2D eigenvalue weighted by molar-refractivity contribution is 5.98. The third-order valence-electron chi connectivity index (χ3n) is 11.2. The van der Waals surface area contributed by atoms with E-state index in [0.29, 0.717) is 58.2 Å². The zero-order chi connectivity index (χ0) is 51.1. The van der Waals surface area contributed by atoms with Crippen LogP contribution in [0.25, 0.3) is 0 Å². The number of Topliss-reactive ketones (excluding diaryl/α,β-unsaturated/α-hetero) is 4. The van der Waals surface area contributed by atoms with Gasteiger partial charge in [-0.15, -0.1) is 37.0 Å². The molecule has 0 bridgehead atoms. The van der Waals surface area contributed by atoms with E-state index in [2.05, 4.69) is 44.3 Å². The number of nitrogens with two attached hydrogens (primary N) is 4. The smallest absolute Gasteiger partial charge is 0.237 e. The standard InChI is InChI=1S/C49H79N9O9/c1-9-18-35(47(65)54-31(4)5)29-43(61)39(22-13-16-25-51)56-45(63)32(6)27-42(60)38(20-11-3)58-49(67)37(21-12-15-24-50)28-41(59)34(8)55-48(66)36(19-10-2)30-44(62)40(23-14-17-26-52)57-46(64)33(7)53/h1-3,31-40H,12-30,50-53H2,4-8H3,(H,54,65)(H,55,66)(H,56,63)(H,57,64)(H,58,67)/t32-,33+,34+,35-,36-,37-,38+,39+,40+/m1/s1. The molecule has 0 aliphatic rings. The van der Waals surface area contributed by atoms with Gasteiger partial charge in [0.15, 0.2) is 23.1 Å². The van der Waals surface area contributed by atoms with Crippen LogP contribution in [0.5, 0.6) is 0 Å². The highest BCUT2D eigenvalue weighted by Crippen LogP contribution is 2.20. The van der Waals surface area contributed by atoms with Gasteiger partial charge in [-0.1, -0.05) is 13.3 Å². The first-order valence-corrected chi connectivity index (χ1v) is 23.5. The highest BCUT2D eigenvalue weighted by atomic mass is 16.2. The van der Waals surface area contributed by atoms with Crippen LogP contribution in [0.3, 0.4) is 0 Å². The van der Waals surface area contributed by atoms with Gasteiger partial charge in [-0.3, -0.25) is 43.2 Å². The van der Waals surface area contributed by atoms with Crippen molar-refractivity contribution >= 4 is 52.7 Å². The Morgan fingerprint density at radius 2 is 0.821 bits per heavy atom. The number of rotatable bonds is 37. The van der Waals surface area contributed by atoms with E-state index in [9.17, 15) is 43.2 Å². The third kappa shape index (κ3) is 25.3. The third-order valence-corrected chi connectivity index (χ3v) is 11.2. The Kier molecular flexibility index (Phi) is 32.0. The summed E-state index contributed by atoms with van der Waals surface area (Å²) in [7, 11) is 0. The van der Waals surface area contributed by atoms with Crippen molar-refractivity contribution in [1.29, 1.82) is 0 Å². The van der Waals surface area contributed by atoms with E-state index in [4.69, 9.17) is 42.2 Å². The molecule has 0 radical (unpaired) electrons. The molecule has 0 aromatic rings. The Morgan fingerprint density at radius 1 is 0.433 bits per heavy atom. The average Bonchev–Trinajstić information content (AvgIpc) is 3.26. The van der Waals surface area contributed by atoms with Crippen molar-refractivity contribution in [2.24, 2.45) is 46.6 Å². The predicted molar refractivity (Wildman–Crippen MR) is 258 cm³/mol. The molecule has 0 aliphatic carbocycles. The molecule has 5 amide bonds. The number of nitrogens with one attached hydrogen (secondary N) is 5. The molecule has 374 valence electrons. The van der Waals surface area contributed by atoms with Gasteiger partial charge in [0.25, 0.3) is 0 Å². The zero-order valence-corrected chi connectivity index (χ0v) is 40.4. The summed E-state index contributed by atoms with van der Waals surface area (Å²) >= 11 is 0. The number of amides is 5. The van der Waals surface area contributed by atoms with Crippen LogP contribution in [0.4, 0.5) is 0 Å². The Labute approximate surface area is 398 Å². The molecule has 18 heteroatoms. The summed E-state index contributed by atoms with van der Waals surface area (Å²) in [5.41, 5.74) is 22.7. The van der Waals surface area contributed by atoms with Gasteiger partial charge in [-0.2, -0.15) is 0 Å². The summed E-state index contributed by atoms with van der Waals surface area (Å²) in [5, 5.41) is 13.4. The number of hydrogen-bond acceptors (Lipinski definition) is 13. The molecule has 0 saturated carbocycles. The van der Waals surface area contributed by atoms with Crippen LogP contribution in [0.1, 0.15) is 137 Å². The summed E-state index contributed by atoms with van der Waals surface area (Å²) in [6.45, 7) is 9.05. The lowest BCUT2D eigenvalue weighted by atomic mass is 9.90. The monoisotopic (exact) mass is 938 g/mol. The maximum absolute atomic E-state index is 13.8. The highest BCUT2D eigenvalue weighted by Gasteiger charge is 2.34. The van der Waals surface area contributed by atoms with Crippen molar-refractivity contribution in [2.75, 3.05) is 19.6 Å². The molecule has 13 N–H and O–H groups in total. The number of hydrogen-bond donors (Lipinski definition) is 9. The van der Waals surface area contributed by atoms with Gasteiger partial charge in [0.05, 0.1) is 42.0 Å². The van der Waals surface area contributed by atoms with Gasteiger partial charge in [0.1, 0.15) is 0 Å². The van der Waals surface area contributed by atoms with Gasteiger partial charge in [0, 0.05) is 62.8 Å². The van der Waals surface area contributed by atoms with E-state index in [1.165, 1.54) is 20.8 Å². The summed E-state index contributed by atoms with van der Waals surface area (Å²) < 4.78 is 0. The van der Waals surface area contributed by atoms with Gasteiger partial charge < -0.3 is 49.5 Å². The second-order valence-corrected chi connectivity index (χ2v) is 17.6. The molecule has 0 aliphatic heterocycles. The normalized spacial score (nSPS) is 15.0. The van der Waals surface area contributed by atoms with E-state index in [-0.39, 0.29) is 76.2 Å². The van der Waals surface area contributed by atoms with Crippen LogP contribution in [0.15, 0.2) is 0 Å². The summed E-state index contributed by atoms with van der Waals surface area (Å²) in [6, 6.07) is -5.28. The van der Waals surface area contributed by atoms with Crippen LogP contribution in [0, 0.1) is 60.7 Å². The molecule has 18 nitrogen and oxygen atoms in total. The Morgan fingerprint density at radius 3 is 1.25 bits per heavy atom. The van der Waals surface area contributed by atoms with Gasteiger partial charge in [-0.25, -0.2) is 0 Å². The molecule has 9 atom stereocenters. The molecule has 0 unspecified atom stereocenters. The second kappa shape index (κ2) is 34.8.